The Kier molecular flexibility index (Phi) is 2.09. The molecule has 0 bridgehead atoms. The highest BCUT2D eigenvalue weighted by atomic mass is 16.5. The number of rotatable bonds is 4. The summed E-state index contributed by atoms with van der Waals surface area (Å²) in [6, 6.07) is 3.50. The number of nitrogens with zero attached hydrogens (tertiary/aromatic N) is 2. The molecule has 5 nitrogen and oxygen atoms in total. The maximum atomic E-state index is 11.5. The lowest BCUT2D eigenvalue weighted by Gasteiger charge is -1.90. The van der Waals surface area contributed by atoms with E-state index in [1.807, 2.05) is 0 Å². The van der Waals surface area contributed by atoms with Crippen molar-refractivity contribution in [3.63, 3.8) is 0 Å². The highest BCUT2D eigenvalue weighted by Gasteiger charge is 2.30. The van der Waals surface area contributed by atoms with Gasteiger partial charge < -0.3 is 8.94 Å². The first-order valence-electron chi connectivity index (χ1n) is 5.22. The Morgan fingerprint density at radius 3 is 3.06 bits per heavy atom. The van der Waals surface area contributed by atoms with Crippen molar-refractivity contribution in [2.24, 2.45) is 5.92 Å². The van der Waals surface area contributed by atoms with Gasteiger partial charge in [-0.05, 0) is 25.0 Å². The van der Waals surface area contributed by atoms with Crippen molar-refractivity contribution in [2.45, 2.75) is 19.3 Å². The van der Waals surface area contributed by atoms with Crippen molar-refractivity contribution in [1.82, 2.24) is 10.1 Å². The van der Waals surface area contributed by atoms with Crippen molar-refractivity contribution in [1.29, 1.82) is 0 Å². The Morgan fingerprint density at radius 1 is 1.50 bits per heavy atom. The molecule has 2 aromatic rings. The van der Waals surface area contributed by atoms with E-state index in [4.69, 9.17) is 8.94 Å². The molecule has 16 heavy (non-hydrogen) atoms. The maximum Gasteiger partial charge on any atom is 0.238 e. The Balaban J connectivity index is 1.75. The van der Waals surface area contributed by atoms with Gasteiger partial charge in [-0.2, -0.15) is 4.98 Å². The molecule has 1 aliphatic carbocycles. The molecule has 1 aliphatic rings. The summed E-state index contributed by atoms with van der Waals surface area (Å²) in [5.41, 5.74) is 0. The number of hydrogen-bond donors (Lipinski definition) is 0. The summed E-state index contributed by atoms with van der Waals surface area (Å²) in [7, 11) is 0. The largest absolute Gasteiger partial charge is 0.461 e. The molecule has 1 saturated carbocycles. The van der Waals surface area contributed by atoms with Gasteiger partial charge in [-0.1, -0.05) is 5.16 Å². The molecule has 0 saturated heterocycles. The van der Waals surface area contributed by atoms with Gasteiger partial charge in [-0.3, -0.25) is 4.79 Å². The van der Waals surface area contributed by atoms with E-state index < -0.39 is 0 Å². The van der Waals surface area contributed by atoms with Crippen LogP contribution in [0.15, 0.2) is 27.3 Å². The Hall–Kier alpha value is -1.91. The van der Waals surface area contributed by atoms with Crippen LogP contribution in [0.1, 0.15) is 18.7 Å². The summed E-state index contributed by atoms with van der Waals surface area (Å²) in [5.74, 6) is 1.72. The average Bonchev–Trinajstić information content (AvgIpc) is 2.80. The maximum absolute atomic E-state index is 11.5. The normalized spacial score (nSPS) is 15.2. The molecule has 0 amide bonds. The number of carbonyl (C=O) groups is 1. The molecule has 0 atom stereocenters. The highest BCUT2D eigenvalue weighted by Crippen LogP contribution is 2.30. The molecular weight excluding hydrogens is 208 g/mol. The summed E-state index contributed by atoms with van der Waals surface area (Å²) >= 11 is 0. The van der Waals surface area contributed by atoms with E-state index in [1.165, 1.54) is 0 Å². The van der Waals surface area contributed by atoms with Crippen LogP contribution in [0.3, 0.4) is 0 Å². The van der Waals surface area contributed by atoms with Gasteiger partial charge in [0.15, 0.2) is 5.76 Å². The minimum Gasteiger partial charge on any atom is -0.461 e. The third kappa shape index (κ3) is 1.76. The Bertz CT molecular complexity index is 497. The minimum atomic E-state index is 0.189. The van der Waals surface area contributed by atoms with Gasteiger partial charge in [0.1, 0.15) is 5.78 Å². The van der Waals surface area contributed by atoms with E-state index in [1.54, 1.807) is 18.4 Å². The molecule has 0 aromatic carbocycles. The van der Waals surface area contributed by atoms with Gasteiger partial charge in [-0.15, -0.1) is 0 Å². The van der Waals surface area contributed by atoms with E-state index in [0.717, 1.165) is 12.8 Å². The van der Waals surface area contributed by atoms with Gasteiger partial charge in [0.25, 0.3) is 0 Å². The van der Waals surface area contributed by atoms with E-state index in [2.05, 4.69) is 10.1 Å². The molecular formula is C11H10N2O3. The predicted molar refractivity (Wildman–Crippen MR) is 53.4 cm³/mol. The first kappa shape index (κ1) is 9.33. The van der Waals surface area contributed by atoms with Crippen LogP contribution >= 0.6 is 0 Å². The molecule has 0 N–H and O–H groups in total. The molecule has 0 aliphatic heterocycles. The number of hydrogen-bond acceptors (Lipinski definition) is 5. The molecule has 5 heteroatoms. The highest BCUT2D eigenvalue weighted by molar-refractivity contribution is 5.84. The third-order valence-electron chi connectivity index (χ3n) is 2.57. The number of carbonyl (C=O) groups excluding carboxylic acids is 1. The van der Waals surface area contributed by atoms with Crippen molar-refractivity contribution in [2.75, 3.05) is 0 Å². The van der Waals surface area contributed by atoms with Gasteiger partial charge in [0, 0.05) is 5.92 Å². The SMILES string of the molecule is O=C(Cc1nc(-c2ccco2)no1)C1CC1. The zero-order chi connectivity index (χ0) is 11.0. The number of aromatic nitrogens is 2. The number of Topliss-reactive ketones (excluding diaryl/α,β-unsaturated/α-hetero) is 1. The fourth-order valence-corrected chi connectivity index (χ4v) is 1.53. The summed E-state index contributed by atoms with van der Waals surface area (Å²) in [6.07, 6.45) is 3.77. The Labute approximate surface area is 91.4 Å². The second-order valence-corrected chi connectivity index (χ2v) is 3.91. The molecule has 2 heterocycles. The van der Waals surface area contributed by atoms with Crippen molar-refractivity contribution >= 4 is 5.78 Å². The van der Waals surface area contributed by atoms with E-state index in [-0.39, 0.29) is 18.1 Å². The molecule has 1 fully saturated rings. The lowest BCUT2D eigenvalue weighted by Crippen LogP contribution is -2.04. The van der Waals surface area contributed by atoms with Gasteiger partial charge in [-0.25, -0.2) is 0 Å². The third-order valence-corrected chi connectivity index (χ3v) is 2.57. The van der Waals surface area contributed by atoms with Gasteiger partial charge >= 0.3 is 0 Å². The number of furan rings is 1. The topological polar surface area (TPSA) is 69.1 Å². The summed E-state index contributed by atoms with van der Waals surface area (Å²) < 4.78 is 10.1. The molecule has 0 spiro atoms. The van der Waals surface area contributed by atoms with Crippen LogP contribution in [-0.4, -0.2) is 15.9 Å². The van der Waals surface area contributed by atoms with Crippen molar-refractivity contribution in [3.05, 3.63) is 24.3 Å². The molecule has 2 aromatic heterocycles. The van der Waals surface area contributed by atoms with Crippen molar-refractivity contribution < 1.29 is 13.7 Å². The van der Waals surface area contributed by atoms with Crippen molar-refractivity contribution in [3.8, 4) is 11.6 Å². The number of ketones is 1. The van der Waals surface area contributed by atoms with E-state index in [0.29, 0.717) is 17.5 Å². The molecule has 3 rings (SSSR count). The van der Waals surface area contributed by atoms with Crippen LogP contribution in [-0.2, 0) is 11.2 Å². The monoisotopic (exact) mass is 218 g/mol. The van der Waals surface area contributed by atoms with E-state index >= 15 is 0 Å². The summed E-state index contributed by atoms with van der Waals surface area (Å²) in [4.78, 5) is 15.6. The predicted octanol–water partition coefficient (Wildman–Crippen LogP) is 1.85. The first-order chi connectivity index (χ1) is 7.83. The quantitative estimate of drug-likeness (QED) is 0.783. The van der Waals surface area contributed by atoms with Crippen LogP contribution in [0.5, 0.6) is 0 Å². The van der Waals surface area contributed by atoms with Crippen LogP contribution in [0.4, 0.5) is 0 Å². The molecule has 82 valence electrons. The minimum absolute atomic E-state index is 0.189. The Morgan fingerprint density at radius 2 is 2.38 bits per heavy atom. The second-order valence-electron chi connectivity index (χ2n) is 3.91. The zero-order valence-corrected chi connectivity index (χ0v) is 8.55. The lowest BCUT2D eigenvalue weighted by molar-refractivity contribution is -0.119. The van der Waals surface area contributed by atoms with E-state index in [9.17, 15) is 4.79 Å². The van der Waals surface area contributed by atoms with Crippen LogP contribution in [0.25, 0.3) is 11.6 Å². The van der Waals surface area contributed by atoms with Gasteiger partial charge in [0.05, 0.1) is 12.7 Å². The summed E-state index contributed by atoms with van der Waals surface area (Å²) in [6.45, 7) is 0. The first-order valence-corrected chi connectivity index (χ1v) is 5.22. The fourth-order valence-electron chi connectivity index (χ4n) is 1.53. The zero-order valence-electron chi connectivity index (χ0n) is 8.55. The molecule has 0 unspecified atom stereocenters. The van der Waals surface area contributed by atoms with Crippen LogP contribution < -0.4 is 0 Å². The van der Waals surface area contributed by atoms with Crippen LogP contribution in [0, 0.1) is 5.92 Å². The second kappa shape index (κ2) is 3.59. The lowest BCUT2D eigenvalue weighted by atomic mass is 10.2. The molecule has 0 radical (unpaired) electrons. The fraction of sp³-hybridized carbons (Fsp3) is 0.364. The smallest absolute Gasteiger partial charge is 0.238 e. The summed E-state index contributed by atoms with van der Waals surface area (Å²) in [5, 5.41) is 3.76. The standard InChI is InChI=1S/C11H10N2O3/c14-8(7-3-4-7)6-10-12-11(13-16-10)9-2-1-5-15-9/h1-2,5,7H,3-4,6H2. The van der Waals surface area contributed by atoms with Crippen LogP contribution in [0.2, 0.25) is 0 Å². The van der Waals surface area contributed by atoms with Gasteiger partial charge in [0.2, 0.25) is 11.7 Å². The average molecular weight is 218 g/mol.